The fourth-order valence-corrected chi connectivity index (χ4v) is 5.10. The third kappa shape index (κ3) is 4.23. The second-order valence-corrected chi connectivity index (χ2v) is 8.85. The van der Waals surface area contributed by atoms with E-state index in [1.165, 1.54) is 18.4 Å². The maximum absolute atomic E-state index is 12.7. The van der Waals surface area contributed by atoms with Crippen LogP contribution in [0.5, 0.6) is 5.75 Å². The Morgan fingerprint density at radius 2 is 2.04 bits per heavy atom. The Hall–Kier alpha value is -1.41. The Morgan fingerprint density at radius 1 is 1.28 bits per heavy atom. The summed E-state index contributed by atoms with van der Waals surface area (Å²) in [6, 6.07) is 7.10. The van der Waals surface area contributed by atoms with E-state index in [0.717, 1.165) is 18.7 Å². The molecule has 1 aliphatic heterocycles. The highest BCUT2D eigenvalue weighted by Gasteiger charge is 2.26. The van der Waals surface area contributed by atoms with E-state index in [2.05, 4.69) is 21.1 Å². The van der Waals surface area contributed by atoms with Crippen molar-refractivity contribution in [3.63, 3.8) is 0 Å². The molecule has 136 valence electrons. The molecular formula is C18H24N2O3S2. The van der Waals surface area contributed by atoms with Crippen LogP contribution in [0.4, 0.5) is 0 Å². The molecule has 0 saturated carbocycles. The summed E-state index contributed by atoms with van der Waals surface area (Å²) in [6.07, 6.45) is 2.34. The number of nitrogens with one attached hydrogen (secondary N) is 1. The first-order valence-corrected chi connectivity index (χ1v) is 10.8. The first-order chi connectivity index (χ1) is 12.0. The zero-order valence-corrected chi connectivity index (χ0v) is 16.2. The molecular weight excluding hydrogens is 356 g/mol. The van der Waals surface area contributed by atoms with Crippen LogP contribution in [0.1, 0.15) is 30.0 Å². The molecule has 1 saturated heterocycles. The third-order valence-corrected chi connectivity index (χ3v) is 6.78. The second kappa shape index (κ2) is 7.86. The number of nitrogens with zero attached hydrogens (tertiary/aromatic N) is 1. The number of ether oxygens (including phenoxy) is 1. The highest BCUT2D eigenvalue weighted by Crippen LogP contribution is 2.27. The van der Waals surface area contributed by atoms with E-state index in [-0.39, 0.29) is 10.9 Å². The zero-order valence-electron chi connectivity index (χ0n) is 14.6. The van der Waals surface area contributed by atoms with Gasteiger partial charge in [0.15, 0.2) is 0 Å². The summed E-state index contributed by atoms with van der Waals surface area (Å²) in [5.41, 5.74) is 1.99. The highest BCUT2D eigenvalue weighted by molar-refractivity contribution is 7.89. The summed E-state index contributed by atoms with van der Waals surface area (Å²) in [6.45, 7) is 4.26. The minimum absolute atomic E-state index is 0.0860. The monoisotopic (exact) mass is 380 g/mol. The minimum Gasteiger partial charge on any atom is -0.496 e. The molecule has 0 aliphatic carbocycles. The van der Waals surface area contributed by atoms with Gasteiger partial charge in [0.2, 0.25) is 10.0 Å². The molecule has 1 atom stereocenters. The summed E-state index contributed by atoms with van der Waals surface area (Å²) >= 11 is 1.64. The fourth-order valence-electron chi connectivity index (χ4n) is 3.27. The summed E-state index contributed by atoms with van der Waals surface area (Å²) in [7, 11) is -1.97. The normalized spacial score (nSPS) is 16.9. The van der Waals surface area contributed by atoms with Crippen molar-refractivity contribution in [3.05, 3.63) is 46.2 Å². The molecule has 3 rings (SSSR count). The van der Waals surface area contributed by atoms with Crippen molar-refractivity contribution in [2.24, 2.45) is 0 Å². The van der Waals surface area contributed by atoms with E-state index < -0.39 is 10.0 Å². The van der Waals surface area contributed by atoms with Gasteiger partial charge in [0.25, 0.3) is 0 Å². The average Bonchev–Trinajstić information content (AvgIpc) is 3.29. The van der Waals surface area contributed by atoms with Crippen molar-refractivity contribution in [1.29, 1.82) is 0 Å². The van der Waals surface area contributed by atoms with Crippen molar-refractivity contribution < 1.29 is 13.2 Å². The maximum Gasteiger partial charge on any atom is 0.240 e. The molecule has 25 heavy (non-hydrogen) atoms. The van der Waals surface area contributed by atoms with Crippen molar-refractivity contribution in [1.82, 2.24) is 9.62 Å². The van der Waals surface area contributed by atoms with Gasteiger partial charge in [-0.1, -0.05) is 0 Å². The van der Waals surface area contributed by atoms with Crippen LogP contribution in [-0.2, 0) is 10.0 Å². The van der Waals surface area contributed by atoms with Gasteiger partial charge in [0, 0.05) is 12.6 Å². The lowest BCUT2D eigenvalue weighted by molar-refractivity contribution is 0.247. The smallest absolute Gasteiger partial charge is 0.240 e. The molecule has 7 heteroatoms. The van der Waals surface area contributed by atoms with Crippen LogP contribution < -0.4 is 9.46 Å². The molecule has 1 aromatic carbocycles. The van der Waals surface area contributed by atoms with E-state index in [1.54, 1.807) is 36.6 Å². The van der Waals surface area contributed by atoms with Crippen LogP contribution >= 0.6 is 11.3 Å². The number of likely N-dealkylation sites (tertiary alicyclic amines) is 1. The molecule has 0 amide bonds. The molecule has 2 aromatic rings. The lowest BCUT2D eigenvalue weighted by Crippen LogP contribution is -2.36. The SMILES string of the molecule is COc1ccc(S(=O)(=O)NC[C@H](c2ccsc2)N2CCCC2)cc1C. The van der Waals surface area contributed by atoms with E-state index in [1.807, 2.05) is 12.3 Å². The molecule has 0 unspecified atom stereocenters. The number of benzene rings is 1. The first kappa shape index (κ1) is 18.4. The Kier molecular flexibility index (Phi) is 5.78. The van der Waals surface area contributed by atoms with Crippen molar-refractivity contribution in [2.45, 2.75) is 30.7 Å². The van der Waals surface area contributed by atoms with Crippen LogP contribution in [0.25, 0.3) is 0 Å². The largest absolute Gasteiger partial charge is 0.496 e. The van der Waals surface area contributed by atoms with E-state index in [0.29, 0.717) is 12.3 Å². The molecule has 0 radical (unpaired) electrons. The summed E-state index contributed by atoms with van der Waals surface area (Å²) in [4.78, 5) is 2.64. The zero-order chi connectivity index (χ0) is 17.9. The Morgan fingerprint density at radius 3 is 2.64 bits per heavy atom. The van der Waals surface area contributed by atoms with E-state index >= 15 is 0 Å². The molecule has 0 spiro atoms. The topological polar surface area (TPSA) is 58.6 Å². The van der Waals surface area contributed by atoms with Gasteiger partial charge in [-0.25, -0.2) is 13.1 Å². The van der Waals surface area contributed by atoms with Crippen molar-refractivity contribution >= 4 is 21.4 Å². The Bertz CT molecular complexity index is 798. The van der Waals surface area contributed by atoms with Gasteiger partial charge in [0.05, 0.1) is 12.0 Å². The van der Waals surface area contributed by atoms with Crippen LogP contribution in [-0.4, -0.2) is 40.1 Å². The maximum atomic E-state index is 12.7. The number of thiophene rings is 1. The van der Waals surface area contributed by atoms with Gasteiger partial charge in [-0.2, -0.15) is 11.3 Å². The Balaban J connectivity index is 1.76. The molecule has 1 fully saturated rings. The Labute approximate surface area is 153 Å². The molecule has 1 aromatic heterocycles. The number of hydrogen-bond acceptors (Lipinski definition) is 5. The third-order valence-electron chi connectivity index (χ3n) is 4.65. The molecule has 1 N–H and O–H groups in total. The quantitative estimate of drug-likeness (QED) is 0.801. The van der Waals surface area contributed by atoms with Gasteiger partial charge < -0.3 is 4.74 Å². The van der Waals surface area contributed by atoms with Gasteiger partial charge >= 0.3 is 0 Å². The van der Waals surface area contributed by atoms with Gasteiger partial charge in [-0.15, -0.1) is 0 Å². The number of rotatable bonds is 7. The number of sulfonamides is 1. The van der Waals surface area contributed by atoms with Crippen LogP contribution in [0.2, 0.25) is 0 Å². The second-order valence-electron chi connectivity index (χ2n) is 6.30. The van der Waals surface area contributed by atoms with Crippen LogP contribution in [0.3, 0.4) is 0 Å². The summed E-state index contributed by atoms with van der Waals surface area (Å²) in [5.74, 6) is 0.687. The van der Waals surface area contributed by atoms with Crippen molar-refractivity contribution in [3.8, 4) is 5.75 Å². The summed E-state index contributed by atoms with van der Waals surface area (Å²) < 4.78 is 33.4. The molecule has 0 bridgehead atoms. The predicted octanol–water partition coefficient (Wildman–Crippen LogP) is 3.18. The van der Waals surface area contributed by atoms with Gasteiger partial charge in [-0.05, 0) is 79.0 Å². The first-order valence-electron chi connectivity index (χ1n) is 8.42. The van der Waals surface area contributed by atoms with Crippen molar-refractivity contribution in [2.75, 3.05) is 26.7 Å². The lowest BCUT2D eigenvalue weighted by Gasteiger charge is -2.27. The van der Waals surface area contributed by atoms with Crippen LogP contribution in [0.15, 0.2) is 39.9 Å². The minimum atomic E-state index is -3.55. The molecule has 2 heterocycles. The molecule has 1 aliphatic rings. The number of methoxy groups -OCH3 is 1. The van der Waals surface area contributed by atoms with E-state index in [4.69, 9.17) is 4.74 Å². The standard InChI is InChI=1S/C18H24N2O3S2/c1-14-11-16(5-6-18(14)23-2)25(21,22)19-12-17(15-7-10-24-13-15)20-8-3-4-9-20/h5-7,10-11,13,17,19H,3-4,8-9,12H2,1-2H3/t17-/m1/s1. The molecule has 5 nitrogen and oxygen atoms in total. The fraction of sp³-hybridized carbons (Fsp3) is 0.444. The highest BCUT2D eigenvalue weighted by atomic mass is 32.2. The van der Waals surface area contributed by atoms with E-state index in [9.17, 15) is 8.42 Å². The average molecular weight is 381 g/mol. The van der Waals surface area contributed by atoms with Gasteiger partial charge in [-0.3, -0.25) is 4.90 Å². The lowest BCUT2D eigenvalue weighted by atomic mass is 10.1. The van der Waals surface area contributed by atoms with Crippen LogP contribution in [0, 0.1) is 6.92 Å². The predicted molar refractivity (Wildman–Crippen MR) is 101 cm³/mol. The summed E-state index contributed by atoms with van der Waals surface area (Å²) in [5, 5.41) is 4.15. The number of aryl methyl sites for hydroxylation is 1. The number of hydrogen-bond donors (Lipinski definition) is 1. The van der Waals surface area contributed by atoms with Gasteiger partial charge in [0.1, 0.15) is 5.75 Å².